The van der Waals surface area contributed by atoms with Crippen LogP contribution in [0.15, 0.2) is 60.7 Å². The minimum atomic E-state index is -0.631. The topological polar surface area (TPSA) is 78.7 Å². The Morgan fingerprint density at radius 1 is 0.854 bits per heavy atom. The summed E-state index contributed by atoms with van der Waals surface area (Å²) in [5.41, 5.74) is 3.20. The maximum absolute atomic E-state index is 12.8. The normalized spacial score (nSPS) is 10.5. The molecule has 0 N–H and O–H groups in total. The molecule has 0 unspecified atom stereocenters. The molecule has 6 nitrogen and oxygen atoms in total. The number of carbonyl (C=O) groups is 1. The Morgan fingerprint density at radius 2 is 1.37 bits per heavy atom. The molecule has 0 aromatic heterocycles. The fourth-order valence-electron chi connectivity index (χ4n) is 4.30. The summed E-state index contributed by atoms with van der Waals surface area (Å²) in [6.45, 7) is 4.62. The first-order valence-corrected chi connectivity index (χ1v) is 16.0. The summed E-state index contributed by atoms with van der Waals surface area (Å²) >= 11 is 12.9. The number of rotatable bonds is 15. The monoisotopic (exact) mass is 665 g/mol. The van der Waals surface area contributed by atoms with Crippen molar-refractivity contribution < 1.29 is 19.2 Å². The summed E-state index contributed by atoms with van der Waals surface area (Å²) < 4.78 is 11.4. The van der Waals surface area contributed by atoms with Crippen LogP contribution in [0.1, 0.15) is 79.8 Å². The van der Waals surface area contributed by atoms with Gasteiger partial charge in [-0.2, -0.15) is 0 Å². The third-order valence-corrected chi connectivity index (χ3v) is 7.11. The summed E-state index contributed by atoms with van der Waals surface area (Å²) in [7, 11) is 0. The molecular weight excluding hydrogens is 629 g/mol. The number of hydrogen-bond donors (Lipinski definition) is 0. The first kappa shape index (κ1) is 34.6. The van der Waals surface area contributed by atoms with E-state index in [1.165, 1.54) is 51.0 Å². The van der Waals surface area contributed by atoms with E-state index in [0.717, 1.165) is 29.9 Å². The van der Waals surface area contributed by atoms with Gasteiger partial charge < -0.3 is 9.47 Å². The fraction of sp³-hybridized carbons (Fsp3) is 0.406. The second-order valence-corrected chi connectivity index (χ2v) is 10.9. The van der Waals surface area contributed by atoms with Gasteiger partial charge in [-0.1, -0.05) is 92.1 Å². The van der Waals surface area contributed by atoms with E-state index in [4.69, 9.17) is 32.7 Å². The van der Waals surface area contributed by atoms with E-state index in [1.807, 2.05) is 36.4 Å². The first-order chi connectivity index (χ1) is 19.8. The van der Waals surface area contributed by atoms with Crippen molar-refractivity contribution in [1.82, 2.24) is 0 Å². The third-order valence-electron chi connectivity index (χ3n) is 6.50. The number of benzene rings is 3. The summed E-state index contributed by atoms with van der Waals surface area (Å²) in [6, 6.07) is 18.1. The lowest BCUT2D eigenvalue weighted by Gasteiger charge is -2.10. The van der Waals surface area contributed by atoms with Crippen LogP contribution < -0.4 is 9.47 Å². The smallest absolute Gasteiger partial charge is 0.344 e. The molecular formula is C32H38BrCl2NO5. The molecule has 0 spiro atoms. The van der Waals surface area contributed by atoms with Crippen LogP contribution in [0.3, 0.4) is 0 Å². The second kappa shape index (κ2) is 19.5. The van der Waals surface area contributed by atoms with Crippen LogP contribution in [0.4, 0.5) is 5.69 Å². The predicted molar refractivity (Wildman–Crippen MR) is 172 cm³/mol. The molecule has 0 heterocycles. The number of alkyl halides is 3. The number of nitro benzene ring substituents is 1. The van der Waals surface area contributed by atoms with E-state index in [-0.39, 0.29) is 16.6 Å². The Bertz CT molecular complexity index is 1220. The standard InChI is InChI=1S/C31H36BrNO5.CH2Cl2/c1-3-4-5-6-7-8-9-10-19-37-27-15-11-24(12-16-27)25-13-17-28(18-14-25)38-31(34)29-21-30(33(35)36)23(2)20-26(29)22-32;2-1-3/h11-18,20-21H,3-10,19,22H2,1-2H3;1H2. The quantitative estimate of drug-likeness (QED) is 0.0403. The van der Waals surface area contributed by atoms with Gasteiger partial charge in [-0.3, -0.25) is 10.1 Å². The van der Waals surface area contributed by atoms with Crippen molar-refractivity contribution in [1.29, 1.82) is 0 Å². The number of ether oxygens (including phenoxy) is 2. The number of aryl methyl sites for hydroxylation is 1. The Labute approximate surface area is 261 Å². The van der Waals surface area contributed by atoms with Crippen LogP contribution in [0.25, 0.3) is 11.1 Å². The van der Waals surface area contributed by atoms with Crippen molar-refractivity contribution in [2.45, 2.75) is 70.5 Å². The van der Waals surface area contributed by atoms with Crippen molar-refractivity contribution in [2.24, 2.45) is 0 Å². The molecule has 3 aromatic carbocycles. The Hall–Kier alpha value is -2.61. The van der Waals surface area contributed by atoms with Gasteiger partial charge in [0.25, 0.3) is 5.69 Å². The Morgan fingerprint density at radius 3 is 1.88 bits per heavy atom. The maximum Gasteiger partial charge on any atom is 0.344 e. The largest absolute Gasteiger partial charge is 0.494 e. The Balaban J connectivity index is 0.00000187. The average Bonchev–Trinajstić information content (AvgIpc) is 2.97. The van der Waals surface area contributed by atoms with E-state index in [1.54, 1.807) is 25.1 Å². The molecule has 9 heteroatoms. The van der Waals surface area contributed by atoms with Crippen molar-refractivity contribution >= 4 is 50.8 Å². The van der Waals surface area contributed by atoms with Gasteiger partial charge in [-0.05, 0) is 60.4 Å². The van der Waals surface area contributed by atoms with Crippen molar-refractivity contribution in [3.63, 3.8) is 0 Å². The van der Waals surface area contributed by atoms with E-state index >= 15 is 0 Å². The van der Waals surface area contributed by atoms with Crippen LogP contribution in [0, 0.1) is 17.0 Å². The number of esters is 1. The number of unbranched alkanes of at least 4 members (excludes halogenated alkanes) is 7. The van der Waals surface area contributed by atoms with Gasteiger partial charge in [0.15, 0.2) is 0 Å². The SMILES string of the molecule is CCCCCCCCCCOc1ccc(-c2ccc(OC(=O)c3cc([N+](=O)[O-])c(C)cc3CBr)cc2)cc1.ClCCl. The molecule has 0 aliphatic heterocycles. The Kier molecular flexibility index (Phi) is 16.5. The van der Waals surface area contributed by atoms with Crippen LogP contribution in [-0.4, -0.2) is 22.8 Å². The maximum atomic E-state index is 12.8. The molecule has 0 atom stereocenters. The zero-order valence-electron chi connectivity index (χ0n) is 23.7. The van der Waals surface area contributed by atoms with Gasteiger partial charge in [0, 0.05) is 17.0 Å². The van der Waals surface area contributed by atoms with Crippen molar-refractivity contribution in [2.75, 3.05) is 11.9 Å². The van der Waals surface area contributed by atoms with Crippen LogP contribution >= 0.6 is 39.1 Å². The second-order valence-electron chi connectivity index (χ2n) is 9.55. The van der Waals surface area contributed by atoms with Gasteiger partial charge in [0.1, 0.15) is 11.5 Å². The molecule has 0 bridgehead atoms. The summed E-state index contributed by atoms with van der Waals surface area (Å²) in [6.07, 6.45) is 10.2. The number of hydrogen-bond acceptors (Lipinski definition) is 5. The molecule has 0 saturated heterocycles. The van der Waals surface area contributed by atoms with Crippen molar-refractivity contribution in [3.8, 4) is 22.6 Å². The number of carbonyl (C=O) groups excluding carboxylic acids is 1. The highest BCUT2D eigenvalue weighted by molar-refractivity contribution is 9.08. The molecule has 222 valence electrons. The van der Waals surface area contributed by atoms with Gasteiger partial charge in [-0.15, -0.1) is 23.2 Å². The number of halogens is 3. The molecule has 0 saturated carbocycles. The van der Waals surface area contributed by atoms with E-state index in [2.05, 4.69) is 22.9 Å². The summed E-state index contributed by atoms with van der Waals surface area (Å²) in [5, 5.41) is 11.9. The molecule has 3 rings (SSSR count). The van der Waals surface area contributed by atoms with Crippen LogP contribution in [-0.2, 0) is 5.33 Å². The van der Waals surface area contributed by atoms with Crippen molar-refractivity contribution in [3.05, 3.63) is 87.5 Å². The molecule has 0 radical (unpaired) electrons. The van der Waals surface area contributed by atoms with Gasteiger partial charge in [0.2, 0.25) is 0 Å². The molecule has 41 heavy (non-hydrogen) atoms. The zero-order valence-corrected chi connectivity index (χ0v) is 26.8. The van der Waals surface area contributed by atoms with Gasteiger partial charge in [-0.25, -0.2) is 4.79 Å². The third kappa shape index (κ3) is 12.0. The van der Waals surface area contributed by atoms with E-state index in [0.29, 0.717) is 22.2 Å². The highest BCUT2D eigenvalue weighted by atomic mass is 79.9. The van der Waals surface area contributed by atoms with Crippen LogP contribution in [0.2, 0.25) is 0 Å². The lowest BCUT2D eigenvalue weighted by Crippen LogP contribution is -2.12. The average molecular weight is 667 g/mol. The predicted octanol–water partition coefficient (Wildman–Crippen LogP) is 10.6. The minimum absolute atomic E-state index is 0.109. The lowest BCUT2D eigenvalue weighted by atomic mass is 10.0. The highest BCUT2D eigenvalue weighted by Gasteiger charge is 2.21. The first-order valence-electron chi connectivity index (χ1n) is 13.9. The van der Waals surface area contributed by atoms with Gasteiger partial charge >= 0.3 is 5.97 Å². The van der Waals surface area contributed by atoms with E-state index in [9.17, 15) is 14.9 Å². The molecule has 0 aliphatic carbocycles. The molecule has 0 aliphatic rings. The molecule has 0 amide bonds. The fourth-order valence-corrected chi connectivity index (χ4v) is 4.76. The van der Waals surface area contributed by atoms with Crippen LogP contribution in [0.5, 0.6) is 11.5 Å². The highest BCUT2D eigenvalue weighted by Crippen LogP contribution is 2.28. The van der Waals surface area contributed by atoms with E-state index < -0.39 is 10.9 Å². The number of nitro groups is 1. The lowest BCUT2D eigenvalue weighted by molar-refractivity contribution is -0.385. The molecule has 3 aromatic rings. The molecule has 0 fully saturated rings. The summed E-state index contributed by atoms with van der Waals surface area (Å²) in [5.74, 6) is 0.596. The minimum Gasteiger partial charge on any atom is -0.494 e. The summed E-state index contributed by atoms with van der Waals surface area (Å²) in [4.78, 5) is 23.6. The van der Waals surface area contributed by atoms with Gasteiger partial charge in [0.05, 0.1) is 22.4 Å². The zero-order chi connectivity index (χ0) is 30.0. The number of nitrogens with zero attached hydrogens (tertiary/aromatic N) is 1.